The summed E-state index contributed by atoms with van der Waals surface area (Å²) in [5, 5.41) is 3.27. The number of nitrogens with one attached hydrogen (secondary N) is 1. The van der Waals surface area contributed by atoms with Gasteiger partial charge in [0, 0.05) is 18.2 Å². The zero-order valence-electron chi connectivity index (χ0n) is 19.3. The lowest BCUT2D eigenvalue weighted by Gasteiger charge is -2.61. The van der Waals surface area contributed by atoms with Gasteiger partial charge < -0.3 is 19.5 Å². The molecule has 4 aliphatic carbocycles. The lowest BCUT2D eigenvalue weighted by atomic mass is 9.42. The molecule has 2 aromatic rings. The molecule has 0 spiro atoms. The second-order valence-electron chi connectivity index (χ2n) is 10.1. The summed E-state index contributed by atoms with van der Waals surface area (Å²) < 4.78 is 16.4. The average Bonchev–Trinajstić information content (AvgIpc) is 2.81. The Balaban J connectivity index is 1.38. The molecule has 4 saturated carbocycles. The van der Waals surface area contributed by atoms with Crippen LogP contribution < -0.4 is 19.5 Å². The maximum absolute atomic E-state index is 13.7. The topological polar surface area (TPSA) is 56.8 Å². The fourth-order valence-corrected chi connectivity index (χ4v) is 7.25. The van der Waals surface area contributed by atoms with Crippen molar-refractivity contribution in [2.45, 2.75) is 50.5 Å². The van der Waals surface area contributed by atoms with Crippen molar-refractivity contribution in [3.63, 3.8) is 0 Å². The van der Waals surface area contributed by atoms with Crippen molar-refractivity contribution in [1.29, 1.82) is 0 Å². The van der Waals surface area contributed by atoms with Crippen molar-refractivity contribution in [2.24, 2.45) is 17.3 Å². The molecule has 0 heterocycles. The van der Waals surface area contributed by atoms with Crippen LogP contribution in [0.4, 0.5) is 0 Å². The first-order valence-electron chi connectivity index (χ1n) is 11.6. The summed E-state index contributed by atoms with van der Waals surface area (Å²) in [6.45, 7) is 0.414. The minimum absolute atomic E-state index is 0.156. The van der Waals surface area contributed by atoms with Crippen molar-refractivity contribution < 1.29 is 19.0 Å². The van der Waals surface area contributed by atoms with E-state index in [1.807, 2.05) is 12.1 Å². The molecule has 0 saturated heterocycles. The van der Waals surface area contributed by atoms with Crippen LogP contribution >= 0.6 is 0 Å². The Labute approximate surface area is 190 Å². The van der Waals surface area contributed by atoms with Gasteiger partial charge in [-0.25, -0.2) is 0 Å². The van der Waals surface area contributed by atoms with Gasteiger partial charge in [-0.1, -0.05) is 30.3 Å². The van der Waals surface area contributed by atoms with E-state index in [0.717, 1.165) is 24.8 Å². The zero-order chi connectivity index (χ0) is 22.3. The van der Waals surface area contributed by atoms with Crippen LogP contribution in [0.2, 0.25) is 0 Å². The third-order valence-electron chi connectivity index (χ3n) is 8.15. The molecule has 32 heavy (non-hydrogen) atoms. The van der Waals surface area contributed by atoms with Gasteiger partial charge in [-0.2, -0.15) is 0 Å². The molecule has 4 aliphatic rings. The van der Waals surface area contributed by atoms with Crippen molar-refractivity contribution in [1.82, 2.24) is 5.32 Å². The standard InChI is InChI=1S/C27H33NO4/c1-30-22-11-24(32-3)23(31-2)10-20(22)16-28-25(29)27-14-18-9-19(15-27)13-26(12-18,17-27)21-7-5-4-6-8-21/h4-8,10-11,18-19H,9,12-17H2,1-3H3,(H,28,29). The number of ether oxygens (including phenoxy) is 3. The van der Waals surface area contributed by atoms with E-state index in [1.165, 1.54) is 24.8 Å². The molecule has 0 aliphatic heterocycles. The fourth-order valence-electron chi connectivity index (χ4n) is 7.25. The molecular weight excluding hydrogens is 402 g/mol. The smallest absolute Gasteiger partial charge is 0.226 e. The highest BCUT2D eigenvalue weighted by molar-refractivity contribution is 5.83. The van der Waals surface area contributed by atoms with Crippen molar-refractivity contribution in [3.05, 3.63) is 53.6 Å². The molecule has 5 nitrogen and oxygen atoms in total. The zero-order valence-corrected chi connectivity index (χ0v) is 19.3. The molecule has 6 rings (SSSR count). The highest BCUT2D eigenvalue weighted by Crippen LogP contribution is 2.65. The van der Waals surface area contributed by atoms with Gasteiger partial charge in [-0.05, 0) is 67.4 Å². The number of carbonyl (C=O) groups excluding carboxylic acids is 1. The third kappa shape index (κ3) is 3.42. The predicted octanol–water partition coefficient (Wildman–Crippen LogP) is 4.87. The lowest BCUT2D eigenvalue weighted by Crippen LogP contribution is -2.59. The van der Waals surface area contributed by atoms with Crippen LogP contribution in [0.3, 0.4) is 0 Å². The maximum Gasteiger partial charge on any atom is 0.226 e. The summed E-state index contributed by atoms with van der Waals surface area (Å²) in [5.74, 6) is 3.44. The van der Waals surface area contributed by atoms with E-state index < -0.39 is 0 Å². The quantitative estimate of drug-likeness (QED) is 0.674. The molecular formula is C27H33NO4. The highest BCUT2D eigenvalue weighted by atomic mass is 16.5. The summed E-state index contributed by atoms with van der Waals surface area (Å²) in [5.41, 5.74) is 2.21. The molecule has 0 radical (unpaired) electrons. The van der Waals surface area contributed by atoms with Crippen LogP contribution in [-0.2, 0) is 16.8 Å². The molecule has 1 amide bonds. The van der Waals surface area contributed by atoms with Crippen LogP contribution in [-0.4, -0.2) is 27.2 Å². The number of methoxy groups -OCH3 is 3. The van der Waals surface area contributed by atoms with E-state index in [9.17, 15) is 4.79 Å². The number of rotatable bonds is 7. The summed E-state index contributed by atoms with van der Waals surface area (Å²) in [4.78, 5) is 13.7. The lowest BCUT2D eigenvalue weighted by molar-refractivity contribution is -0.149. The normalized spacial score (nSPS) is 30.1. The number of carbonyl (C=O) groups is 1. The monoisotopic (exact) mass is 435 g/mol. The Bertz CT molecular complexity index is 988. The number of hydrogen-bond donors (Lipinski definition) is 1. The molecule has 1 N–H and O–H groups in total. The third-order valence-corrected chi connectivity index (χ3v) is 8.15. The Morgan fingerprint density at radius 3 is 2.16 bits per heavy atom. The summed E-state index contributed by atoms with van der Waals surface area (Å²) in [6, 6.07) is 14.6. The second-order valence-corrected chi connectivity index (χ2v) is 10.1. The first-order valence-corrected chi connectivity index (χ1v) is 11.6. The van der Waals surface area contributed by atoms with Gasteiger partial charge in [0.05, 0.1) is 26.7 Å². The number of amides is 1. The molecule has 4 fully saturated rings. The maximum atomic E-state index is 13.7. The summed E-state index contributed by atoms with van der Waals surface area (Å²) in [7, 11) is 4.86. The van der Waals surface area contributed by atoms with E-state index in [2.05, 4.69) is 35.6 Å². The van der Waals surface area contributed by atoms with Gasteiger partial charge in [0.1, 0.15) is 5.75 Å². The first-order chi connectivity index (χ1) is 15.5. The first kappa shape index (κ1) is 21.2. The molecule has 2 aromatic carbocycles. The van der Waals surface area contributed by atoms with Crippen LogP contribution in [0.15, 0.2) is 42.5 Å². The van der Waals surface area contributed by atoms with Crippen molar-refractivity contribution >= 4 is 5.91 Å². The number of benzene rings is 2. The Morgan fingerprint density at radius 2 is 1.53 bits per heavy atom. The minimum Gasteiger partial charge on any atom is -0.496 e. The van der Waals surface area contributed by atoms with Crippen LogP contribution in [0.1, 0.15) is 49.7 Å². The van der Waals surface area contributed by atoms with E-state index in [0.29, 0.717) is 35.6 Å². The largest absolute Gasteiger partial charge is 0.496 e. The Kier molecular flexibility index (Phi) is 5.31. The Morgan fingerprint density at radius 1 is 0.906 bits per heavy atom. The van der Waals surface area contributed by atoms with Gasteiger partial charge >= 0.3 is 0 Å². The molecule has 4 bridgehead atoms. The van der Waals surface area contributed by atoms with Gasteiger partial charge in [0.2, 0.25) is 5.91 Å². The molecule has 0 aromatic heterocycles. The molecule has 5 heteroatoms. The molecule has 2 unspecified atom stereocenters. The summed E-state index contributed by atoms with van der Waals surface area (Å²) >= 11 is 0. The van der Waals surface area contributed by atoms with Crippen LogP contribution in [0.25, 0.3) is 0 Å². The van der Waals surface area contributed by atoms with E-state index in [1.54, 1.807) is 21.3 Å². The van der Waals surface area contributed by atoms with E-state index in [4.69, 9.17) is 14.2 Å². The van der Waals surface area contributed by atoms with Gasteiger partial charge in [0.25, 0.3) is 0 Å². The van der Waals surface area contributed by atoms with Gasteiger partial charge in [0.15, 0.2) is 11.5 Å². The number of hydrogen-bond acceptors (Lipinski definition) is 4. The van der Waals surface area contributed by atoms with Crippen molar-refractivity contribution in [3.8, 4) is 17.2 Å². The molecule has 170 valence electrons. The highest BCUT2D eigenvalue weighted by Gasteiger charge is 2.60. The van der Waals surface area contributed by atoms with Crippen LogP contribution in [0, 0.1) is 17.3 Å². The predicted molar refractivity (Wildman–Crippen MR) is 123 cm³/mol. The Hall–Kier alpha value is -2.69. The van der Waals surface area contributed by atoms with Crippen molar-refractivity contribution in [2.75, 3.05) is 21.3 Å². The average molecular weight is 436 g/mol. The molecule has 2 atom stereocenters. The van der Waals surface area contributed by atoms with E-state index >= 15 is 0 Å². The van der Waals surface area contributed by atoms with E-state index in [-0.39, 0.29) is 16.7 Å². The van der Waals surface area contributed by atoms with Gasteiger partial charge in [-0.3, -0.25) is 4.79 Å². The van der Waals surface area contributed by atoms with Crippen LogP contribution in [0.5, 0.6) is 17.2 Å². The second kappa shape index (κ2) is 8.02. The minimum atomic E-state index is -0.260. The van der Waals surface area contributed by atoms with Gasteiger partial charge in [-0.15, -0.1) is 0 Å². The fraction of sp³-hybridized carbons (Fsp3) is 0.519. The SMILES string of the molecule is COc1cc(OC)c(OC)cc1CNC(=O)C12CC3CC(C1)CC(c1ccccc1)(C3)C2. The summed E-state index contributed by atoms with van der Waals surface area (Å²) in [6.07, 6.45) is 6.75.